The van der Waals surface area contributed by atoms with E-state index in [9.17, 15) is 4.79 Å². The Balaban J connectivity index is 1.62. The minimum atomic E-state index is 0.105. The maximum Gasteiger partial charge on any atom is 0.255 e. The second kappa shape index (κ2) is 7.16. The highest BCUT2D eigenvalue weighted by atomic mass is 16.2. The molecule has 0 unspecified atom stereocenters. The Bertz CT molecular complexity index is 991. The van der Waals surface area contributed by atoms with Crippen LogP contribution in [0.1, 0.15) is 27.9 Å². The minimum Gasteiger partial charge on any atom is -0.337 e. The Morgan fingerprint density at radius 3 is 2.63 bits per heavy atom. The van der Waals surface area contributed by atoms with E-state index in [4.69, 9.17) is 4.98 Å². The first-order chi connectivity index (χ1) is 13.0. The Morgan fingerprint density at radius 1 is 0.963 bits per heavy atom. The van der Waals surface area contributed by atoms with Crippen LogP contribution in [0.25, 0.3) is 16.9 Å². The molecule has 1 saturated heterocycles. The van der Waals surface area contributed by atoms with Gasteiger partial charge in [0.1, 0.15) is 5.65 Å². The molecule has 3 aromatic rings. The molecule has 1 fully saturated rings. The van der Waals surface area contributed by atoms with Crippen LogP contribution < -0.4 is 0 Å². The Hall–Kier alpha value is -2.66. The van der Waals surface area contributed by atoms with Crippen LogP contribution >= 0.6 is 0 Å². The SMILES string of the molecule is Cc1ccc(-c2cn3cc(C(=O)N4CCCN(C)CC4)ccc3n2)cc1C. The van der Waals surface area contributed by atoms with Gasteiger partial charge in [0.05, 0.1) is 11.3 Å². The van der Waals surface area contributed by atoms with Gasteiger partial charge < -0.3 is 14.2 Å². The summed E-state index contributed by atoms with van der Waals surface area (Å²) in [5, 5.41) is 0. The van der Waals surface area contributed by atoms with Crippen LogP contribution in [0, 0.1) is 13.8 Å². The Morgan fingerprint density at radius 2 is 1.81 bits per heavy atom. The number of benzene rings is 1. The number of nitrogens with zero attached hydrogens (tertiary/aromatic N) is 4. The first-order valence-corrected chi connectivity index (χ1v) is 9.55. The highest BCUT2D eigenvalue weighted by Gasteiger charge is 2.19. The van der Waals surface area contributed by atoms with Crippen molar-refractivity contribution in [1.82, 2.24) is 19.2 Å². The van der Waals surface area contributed by atoms with Gasteiger partial charge in [0.25, 0.3) is 5.91 Å². The third kappa shape index (κ3) is 3.60. The number of pyridine rings is 1. The van der Waals surface area contributed by atoms with Crippen LogP contribution in [0.4, 0.5) is 0 Å². The number of carbonyl (C=O) groups excluding carboxylic acids is 1. The number of likely N-dealkylation sites (N-methyl/N-ethyl adjacent to an activating group) is 1. The maximum absolute atomic E-state index is 12.9. The molecule has 1 amide bonds. The molecule has 2 aromatic heterocycles. The Kier molecular flexibility index (Phi) is 4.70. The first-order valence-electron chi connectivity index (χ1n) is 9.55. The summed E-state index contributed by atoms with van der Waals surface area (Å²) in [4.78, 5) is 21.9. The van der Waals surface area contributed by atoms with Gasteiger partial charge >= 0.3 is 0 Å². The number of rotatable bonds is 2. The molecule has 1 aliphatic rings. The quantitative estimate of drug-likeness (QED) is 0.702. The zero-order valence-electron chi connectivity index (χ0n) is 16.3. The van der Waals surface area contributed by atoms with Crippen molar-refractivity contribution >= 4 is 11.6 Å². The standard InChI is InChI=1S/C22H26N4O/c1-16-5-6-18(13-17(16)2)20-15-26-14-19(7-8-21(26)23-20)22(27)25-10-4-9-24(3)11-12-25/h5-8,13-15H,4,9-12H2,1-3H3. The maximum atomic E-state index is 12.9. The number of carbonyl (C=O) groups is 1. The second-order valence-electron chi connectivity index (χ2n) is 7.56. The average Bonchev–Trinajstić information content (AvgIpc) is 2.97. The van der Waals surface area contributed by atoms with Gasteiger partial charge in [0.15, 0.2) is 0 Å². The van der Waals surface area contributed by atoms with Gasteiger partial charge in [0.2, 0.25) is 0 Å². The molecule has 4 rings (SSSR count). The lowest BCUT2D eigenvalue weighted by Gasteiger charge is -2.20. The summed E-state index contributed by atoms with van der Waals surface area (Å²) in [5.41, 5.74) is 6.14. The average molecular weight is 362 g/mol. The van der Waals surface area contributed by atoms with E-state index in [2.05, 4.69) is 44.0 Å². The molecular weight excluding hydrogens is 336 g/mol. The normalized spacial score (nSPS) is 15.9. The minimum absolute atomic E-state index is 0.105. The fourth-order valence-electron chi connectivity index (χ4n) is 3.59. The monoisotopic (exact) mass is 362 g/mol. The molecular formula is C22H26N4O. The first kappa shape index (κ1) is 17.7. The molecule has 0 saturated carbocycles. The van der Waals surface area contributed by atoms with Crippen LogP contribution in [0.3, 0.4) is 0 Å². The van der Waals surface area contributed by atoms with Crippen molar-refractivity contribution in [2.45, 2.75) is 20.3 Å². The number of aryl methyl sites for hydroxylation is 2. The van der Waals surface area contributed by atoms with Crippen LogP contribution in [0.15, 0.2) is 42.7 Å². The van der Waals surface area contributed by atoms with Gasteiger partial charge in [0, 0.05) is 37.6 Å². The highest BCUT2D eigenvalue weighted by Crippen LogP contribution is 2.22. The van der Waals surface area contributed by atoms with Gasteiger partial charge in [-0.3, -0.25) is 4.79 Å². The molecule has 5 heteroatoms. The molecule has 0 bridgehead atoms. The van der Waals surface area contributed by atoms with Crippen molar-refractivity contribution in [2.24, 2.45) is 0 Å². The van der Waals surface area contributed by atoms with Crippen molar-refractivity contribution in [2.75, 3.05) is 33.2 Å². The summed E-state index contributed by atoms with van der Waals surface area (Å²) in [6.07, 6.45) is 4.93. The van der Waals surface area contributed by atoms with Crippen LogP contribution in [-0.4, -0.2) is 58.3 Å². The van der Waals surface area contributed by atoms with Gasteiger partial charge in [-0.15, -0.1) is 0 Å². The summed E-state index contributed by atoms with van der Waals surface area (Å²) in [7, 11) is 2.11. The summed E-state index contributed by atoms with van der Waals surface area (Å²) >= 11 is 0. The van der Waals surface area contributed by atoms with E-state index >= 15 is 0 Å². The smallest absolute Gasteiger partial charge is 0.255 e. The van der Waals surface area contributed by atoms with Crippen molar-refractivity contribution in [3.8, 4) is 11.3 Å². The lowest BCUT2D eigenvalue weighted by Crippen LogP contribution is -2.34. The molecule has 0 aliphatic carbocycles. The van der Waals surface area contributed by atoms with E-state index in [1.165, 1.54) is 11.1 Å². The van der Waals surface area contributed by atoms with Gasteiger partial charge in [-0.25, -0.2) is 4.98 Å². The summed E-state index contributed by atoms with van der Waals surface area (Å²) in [6, 6.07) is 10.2. The molecule has 140 valence electrons. The summed E-state index contributed by atoms with van der Waals surface area (Å²) in [5.74, 6) is 0.105. The molecule has 1 aliphatic heterocycles. The van der Waals surface area contributed by atoms with Gasteiger partial charge in [-0.1, -0.05) is 12.1 Å². The van der Waals surface area contributed by atoms with Crippen molar-refractivity contribution in [1.29, 1.82) is 0 Å². The number of hydrogen-bond acceptors (Lipinski definition) is 3. The van der Waals surface area contributed by atoms with Crippen LogP contribution in [0.2, 0.25) is 0 Å². The zero-order chi connectivity index (χ0) is 19.0. The van der Waals surface area contributed by atoms with Crippen molar-refractivity contribution < 1.29 is 4.79 Å². The molecule has 0 atom stereocenters. The molecule has 0 N–H and O–H groups in total. The molecule has 0 radical (unpaired) electrons. The second-order valence-corrected chi connectivity index (χ2v) is 7.56. The number of aromatic nitrogens is 2. The number of imidazole rings is 1. The lowest BCUT2D eigenvalue weighted by atomic mass is 10.1. The largest absolute Gasteiger partial charge is 0.337 e. The molecule has 0 spiro atoms. The molecule has 3 heterocycles. The van der Waals surface area contributed by atoms with Crippen LogP contribution in [-0.2, 0) is 0 Å². The van der Waals surface area contributed by atoms with E-state index in [0.29, 0.717) is 0 Å². The highest BCUT2D eigenvalue weighted by molar-refractivity contribution is 5.94. The van der Waals surface area contributed by atoms with E-state index in [-0.39, 0.29) is 5.91 Å². The fraction of sp³-hybridized carbons (Fsp3) is 0.364. The van der Waals surface area contributed by atoms with Crippen molar-refractivity contribution in [3.63, 3.8) is 0 Å². The van der Waals surface area contributed by atoms with E-state index < -0.39 is 0 Å². The molecule has 5 nitrogen and oxygen atoms in total. The van der Waals surface area contributed by atoms with E-state index in [1.807, 2.05) is 33.8 Å². The number of amides is 1. The fourth-order valence-corrected chi connectivity index (χ4v) is 3.59. The topological polar surface area (TPSA) is 40.9 Å². The molecule has 27 heavy (non-hydrogen) atoms. The van der Waals surface area contributed by atoms with Crippen molar-refractivity contribution in [3.05, 3.63) is 59.4 Å². The van der Waals surface area contributed by atoms with E-state index in [0.717, 1.165) is 55.1 Å². The summed E-state index contributed by atoms with van der Waals surface area (Å²) in [6.45, 7) is 7.80. The van der Waals surface area contributed by atoms with Crippen LogP contribution in [0.5, 0.6) is 0 Å². The number of fused-ring (bicyclic) bond motifs is 1. The Labute approximate surface area is 160 Å². The lowest BCUT2D eigenvalue weighted by molar-refractivity contribution is 0.0762. The van der Waals surface area contributed by atoms with E-state index in [1.54, 1.807) is 0 Å². The number of hydrogen-bond donors (Lipinski definition) is 0. The predicted octanol–water partition coefficient (Wildman–Crippen LogP) is 3.40. The zero-order valence-corrected chi connectivity index (χ0v) is 16.3. The van der Waals surface area contributed by atoms with Gasteiger partial charge in [-0.05, 0) is 63.2 Å². The molecule has 1 aromatic carbocycles. The third-order valence-electron chi connectivity index (χ3n) is 5.51. The van der Waals surface area contributed by atoms with Gasteiger partial charge in [-0.2, -0.15) is 0 Å². The third-order valence-corrected chi connectivity index (χ3v) is 5.51. The summed E-state index contributed by atoms with van der Waals surface area (Å²) < 4.78 is 1.96. The predicted molar refractivity (Wildman–Crippen MR) is 108 cm³/mol.